The second-order valence-electron chi connectivity index (χ2n) is 3.41. The zero-order valence-electron chi connectivity index (χ0n) is 8.74. The maximum absolute atomic E-state index is 8.77. The molecule has 0 aromatic heterocycles. The van der Waals surface area contributed by atoms with Crippen LogP contribution in [0.1, 0.15) is 5.56 Å². The van der Waals surface area contributed by atoms with E-state index in [1.807, 2.05) is 24.3 Å². The predicted molar refractivity (Wildman–Crippen MR) is 70.9 cm³/mol. The van der Waals surface area contributed by atoms with Crippen LogP contribution in [-0.4, -0.2) is 0 Å². The van der Waals surface area contributed by atoms with E-state index in [0.29, 0.717) is 15.6 Å². The van der Waals surface area contributed by atoms with Crippen molar-refractivity contribution >= 4 is 34.6 Å². The standard InChI is InChI=1S/C13H8Cl2N2/c14-11-3-1-2-4-13(11)17-10-6-5-9(8-16)12(15)7-10/h1-7,17H. The van der Waals surface area contributed by atoms with Crippen LogP contribution in [0.5, 0.6) is 0 Å². The average Bonchev–Trinajstić information content (AvgIpc) is 2.32. The lowest BCUT2D eigenvalue weighted by Gasteiger charge is -2.08. The van der Waals surface area contributed by atoms with Crippen LogP contribution in [0.15, 0.2) is 42.5 Å². The Morgan fingerprint density at radius 1 is 1.00 bits per heavy atom. The summed E-state index contributed by atoms with van der Waals surface area (Å²) in [6.07, 6.45) is 0. The molecule has 0 atom stereocenters. The van der Waals surface area contributed by atoms with Gasteiger partial charge in [-0.05, 0) is 30.3 Å². The van der Waals surface area contributed by atoms with Crippen molar-refractivity contribution in [3.8, 4) is 6.07 Å². The molecule has 2 nitrogen and oxygen atoms in total. The highest BCUT2D eigenvalue weighted by molar-refractivity contribution is 6.33. The van der Waals surface area contributed by atoms with Gasteiger partial charge in [-0.1, -0.05) is 35.3 Å². The lowest BCUT2D eigenvalue weighted by molar-refractivity contribution is 1.47. The first kappa shape index (κ1) is 11.8. The van der Waals surface area contributed by atoms with Crippen LogP contribution >= 0.6 is 23.2 Å². The van der Waals surface area contributed by atoms with Gasteiger partial charge in [-0.3, -0.25) is 0 Å². The summed E-state index contributed by atoms with van der Waals surface area (Å²) in [4.78, 5) is 0. The zero-order chi connectivity index (χ0) is 12.3. The van der Waals surface area contributed by atoms with Crippen LogP contribution in [0.3, 0.4) is 0 Å². The molecule has 2 rings (SSSR count). The van der Waals surface area contributed by atoms with E-state index in [4.69, 9.17) is 28.5 Å². The summed E-state index contributed by atoms with van der Waals surface area (Å²) in [5.41, 5.74) is 2.05. The van der Waals surface area contributed by atoms with Crippen molar-refractivity contribution in [3.63, 3.8) is 0 Å². The molecule has 0 unspecified atom stereocenters. The fraction of sp³-hybridized carbons (Fsp3) is 0. The summed E-state index contributed by atoms with van der Waals surface area (Å²) < 4.78 is 0. The second-order valence-corrected chi connectivity index (χ2v) is 4.23. The Bertz CT molecular complexity index is 588. The smallest absolute Gasteiger partial charge is 0.101 e. The Morgan fingerprint density at radius 2 is 1.76 bits per heavy atom. The Labute approximate surface area is 109 Å². The highest BCUT2D eigenvalue weighted by atomic mass is 35.5. The Morgan fingerprint density at radius 3 is 2.41 bits per heavy atom. The number of hydrogen-bond donors (Lipinski definition) is 1. The van der Waals surface area contributed by atoms with Crippen molar-refractivity contribution in [2.75, 3.05) is 5.32 Å². The molecule has 0 aliphatic carbocycles. The van der Waals surface area contributed by atoms with E-state index in [-0.39, 0.29) is 0 Å². The van der Waals surface area contributed by atoms with Crippen molar-refractivity contribution in [2.45, 2.75) is 0 Å². The Kier molecular flexibility index (Phi) is 3.53. The Hall–Kier alpha value is -1.69. The van der Waals surface area contributed by atoms with Gasteiger partial charge in [0.25, 0.3) is 0 Å². The molecular weight excluding hydrogens is 255 g/mol. The molecule has 0 aliphatic heterocycles. The van der Waals surface area contributed by atoms with Gasteiger partial charge in [-0.15, -0.1) is 0 Å². The van der Waals surface area contributed by atoms with Gasteiger partial charge in [0, 0.05) is 5.69 Å². The van der Waals surface area contributed by atoms with Gasteiger partial charge in [-0.2, -0.15) is 5.26 Å². The van der Waals surface area contributed by atoms with E-state index in [1.54, 1.807) is 24.3 Å². The number of benzene rings is 2. The quantitative estimate of drug-likeness (QED) is 0.858. The van der Waals surface area contributed by atoms with E-state index in [2.05, 4.69) is 5.32 Å². The molecule has 0 aliphatic rings. The monoisotopic (exact) mass is 262 g/mol. The molecule has 2 aromatic carbocycles. The lowest BCUT2D eigenvalue weighted by atomic mass is 10.2. The second kappa shape index (κ2) is 5.09. The van der Waals surface area contributed by atoms with Gasteiger partial charge >= 0.3 is 0 Å². The van der Waals surface area contributed by atoms with Gasteiger partial charge in [0.2, 0.25) is 0 Å². The van der Waals surface area contributed by atoms with Gasteiger partial charge < -0.3 is 5.32 Å². The number of nitrogens with one attached hydrogen (secondary N) is 1. The molecule has 0 amide bonds. The van der Waals surface area contributed by atoms with Crippen LogP contribution in [0.2, 0.25) is 10.0 Å². The van der Waals surface area contributed by atoms with Crippen LogP contribution in [0.4, 0.5) is 11.4 Å². The highest BCUT2D eigenvalue weighted by Crippen LogP contribution is 2.27. The van der Waals surface area contributed by atoms with Crippen molar-refractivity contribution in [2.24, 2.45) is 0 Å². The number of anilines is 2. The fourth-order valence-electron chi connectivity index (χ4n) is 1.40. The van der Waals surface area contributed by atoms with Crippen molar-refractivity contribution < 1.29 is 0 Å². The number of rotatable bonds is 2. The van der Waals surface area contributed by atoms with E-state index in [0.717, 1.165) is 11.4 Å². The number of nitrogens with zero attached hydrogens (tertiary/aromatic N) is 1. The van der Waals surface area contributed by atoms with Gasteiger partial charge in [-0.25, -0.2) is 0 Å². The minimum Gasteiger partial charge on any atom is -0.354 e. The summed E-state index contributed by atoms with van der Waals surface area (Å²) in [5.74, 6) is 0. The maximum Gasteiger partial charge on any atom is 0.101 e. The molecule has 0 bridgehead atoms. The van der Waals surface area contributed by atoms with E-state index in [9.17, 15) is 0 Å². The molecule has 0 spiro atoms. The maximum atomic E-state index is 8.77. The average molecular weight is 263 g/mol. The largest absolute Gasteiger partial charge is 0.354 e. The molecule has 0 heterocycles. The number of para-hydroxylation sites is 1. The molecule has 0 fully saturated rings. The molecule has 1 N–H and O–H groups in total. The molecular formula is C13H8Cl2N2. The van der Waals surface area contributed by atoms with E-state index in [1.165, 1.54) is 0 Å². The summed E-state index contributed by atoms with van der Waals surface area (Å²) >= 11 is 12.0. The summed E-state index contributed by atoms with van der Waals surface area (Å²) in [5, 5.41) is 13.0. The molecule has 84 valence electrons. The topological polar surface area (TPSA) is 35.8 Å². The first-order valence-electron chi connectivity index (χ1n) is 4.92. The predicted octanol–water partition coefficient (Wildman–Crippen LogP) is 4.61. The van der Waals surface area contributed by atoms with E-state index < -0.39 is 0 Å². The third kappa shape index (κ3) is 2.71. The summed E-state index contributed by atoms with van der Waals surface area (Å²) in [7, 11) is 0. The highest BCUT2D eigenvalue weighted by Gasteiger charge is 2.03. The van der Waals surface area contributed by atoms with Gasteiger partial charge in [0.05, 0.1) is 21.3 Å². The van der Waals surface area contributed by atoms with Crippen molar-refractivity contribution in [1.29, 1.82) is 5.26 Å². The van der Waals surface area contributed by atoms with Gasteiger partial charge in [0.1, 0.15) is 6.07 Å². The third-order valence-electron chi connectivity index (χ3n) is 2.24. The molecule has 0 radical (unpaired) electrons. The Balaban J connectivity index is 2.29. The van der Waals surface area contributed by atoms with E-state index >= 15 is 0 Å². The minimum absolute atomic E-state index is 0.421. The fourth-order valence-corrected chi connectivity index (χ4v) is 1.81. The minimum atomic E-state index is 0.421. The summed E-state index contributed by atoms with van der Waals surface area (Å²) in [6.45, 7) is 0. The van der Waals surface area contributed by atoms with Crippen LogP contribution in [0.25, 0.3) is 0 Å². The van der Waals surface area contributed by atoms with Gasteiger partial charge in [0.15, 0.2) is 0 Å². The summed E-state index contributed by atoms with van der Waals surface area (Å²) in [6, 6.07) is 14.6. The normalized spacial score (nSPS) is 9.71. The third-order valence-corrected chi connectivity index (χ3v) is 2.88. The number of halogens is 2. The number of nitriles is 1. The molecule has 0 saturated carbocycles. The molecule has 4 heteroatoms. The number of hydrogen-bond acceptors (Lipinski definition) is 2. The lowest BCUT2D eigenvalue weighted by Crippen LogP contribution is -1.91. The van der Waals surface area contributed by atoms with Crippen LogP contribution in [0, 0.1) is 11.3 Å². The van der Waals surface area contributed by atoms with Crippen molar-refractivity contribution in [3.05, 3.63) is 58.1 Å². The molecule has 0 saturated heterocycles. The zero-order valence-corrected chi connectivity index (χ0v) is 10.3. The first-order chi connectivity index (χ1) is 8.20. The molecule has 2 aromatic rings. The van der Waals surface area contributed by atoms with Crippen molar-refractivity contribution in [1.82, 2.24) is 0 Å². The van der Waals surface area contributed by atoms with Crippen LogP contribution < -0.4 is 5.32 Å². The SMILES string of the molecule is N#Cc1ccc(Nc2ccccc2Cl)cc1Cl. The molecule has 17 heavy (non-hydrogen) atoms. The van der Waals surface area contributed by atoms with Crippen LogP contribution in [-0.2, 0) is 0 Å². The first-order valence-corrected chi connectivity index (χ1v) is 5.67.